The highest BCUT2D eigenvalue weighted by atomic mass is 35.5. The predicted octanol–water partition coefficient (Wildman–Crippen LogP) is 1.99. The molecule has 1 aliphatic rings. The smallest absolute Gasteiger partial charge is 0.0897 e. The molecule has 0 aromatic heterocycles. The second-order valence-corrected chi connectivity index (χ2v) is 5.46. The molecule has 0 radical (unpaired) electrons. The molecule has 0 aliphatic carbocycles. The van der Waals surface area contributed by atoms with Gasteiger partial charge in [-0.05, 0) is 24.5 Å². The van der Waals surface area contributed by atoms with E-state index in [4.69, 9.17) is 21.1 Å². The van der Waals surface area contributed by atoms with Gasteiger partial charge in [0.25, 0.3) is 0 Å². The van der Waals surface area contributed by atoms with Gasteiger partial charge in [0.2, 0.25) is 0 Å². The summed E-state index contributed by atoms with van der Waals surface area (Å²) < 4.78 is 10.9. The largest absolute Gasteiger partial charge is 0.389 e. The summed E-state index contributed by atoms with van der Waals surface area (Å²) in [6.45, 7) is 2.85. The first-order valence-electron chi connectivity index (χ1n) is 7.07. The third-order valence-corrected chi connectivity index (χ3v) is 3.66. The fourth-order valence-electron chi connectivity index (χ4n) is 2.19. The van der Waals surface area contributed by atoms with Crippen molar-refractivity contribution in [2.45, 2.75) is 31.6 Å². The molecule has 0 bridgehead atoms. The van der Waals surface area contributed by atoms with Gasteiger partial charge in [-0.1, -0.05) is 29.8 Å². The van der Waals surface area contributed by atoms with Crippen molar-refractivity contribution in [1.82, 2.24) is 5.32 Å². The molecule has 0 spiro atoms. The minimum Gasteiger partial charge on any atom is -0.389 e. The van der Waals surface area contributed by atoms with Gasteiger partial charge in [0, 0.05) is 24.7 Å². The van der Waals surface area contributed by atoms with Crippen LogP contribution >= 0.6 is 11.6 Å². The van der Waals surface area contributed by atoms with E-state index in [1.165, 1.54) is 0 Å². The molecule has 1 saturated heterocycles. The Morgan fingerprint density at radius 2 is 2.30 bits per heavy atom. The topological polar surface area (TPSA) is 50.7 Å². The lowest BCUT2D eigenvalue weighted by Gasteiger charge is -2.15. The highest BCUT2D eigenvalue weighted by molar-refractivity contribution is 6.31. The minimum absolute atomic E-state index is 0.207. The molecule has 2 N–H and O–H groups in total. The number of aliphatic hydroxyl groups is 1. The van der Waals surface area contributed by atoms with Gasteiger partial charge in [-0.25, -0.2) is 0 Å². The second-order valence-electron chi connectivity index (χ2n) is 5.05. The molecule has 0 saturated carbocycles. The first kappa shape index (κ1) is 15.7. The average Bonchev–Trinajstić information content (AvgIpc) is 2.94. The predicted molar refractivity (Wildman–Crippen MR) is 79.0 cm³/mol. The summed E-state index contributed by atoms with van der Waals surface area (Å²) in [5, 5.41) is 13.7. The van der Waals surface area contributed by atoms with E-state index in [0.29, 0.717) is 26.3 Å². The van der Waals surface area contributed by atoms with Crippen LogP contribution in [0.5, 0.6) is 0 Å². The Bertz CT molecular complexity index is 396. The van der Waals surface area contributed by atoms with E-state index in [2.05, 4.69) is 5.32 Å². The lowest BCUT2D eigenvalue weighted by molar-refractivity contribution is -0.0164. The van der Waals surface area contributed by atoms with Crippen molar-refractivity contribution in [3.8, 4) is 0 Å². The Balaban J connectivity index is 1.55. The van der Waals surface area contributed by atoms with Crippen LogP contribution in [0.25, 0.3) is 0 Å². The zero-order valence-corrected chi connectivity index (χ0v) is 12.3. The number of ether oxygens (including phenoxy) is 2. The van der Waals surface area contributed by atoms with Crippen LogP contribution in [0.3, 0.4) is 0 Å². The molecule has 4 nitrogen and oxygen atoms in total. The maximum absolute atomic E-state index is 9.81. The van der Waals surface area contributed by atoms with Crippen LogP contribution in [0.1, 0.15) is 18.4 Å². The van der Waals surface area contributed by atoms with Gasteiger partial charge in [0.1, 0.15) is 0 Å². The third-order valence-electron chi connectivity index (χ3n) is 3.29. The lowest BCUT2D eigenvalue weighted by Crippen LogP contribution is -2.31. The molecule has 1 heterocycles. The van der Waals surface area contributed by atoms with Crippen LogP contribution in [0.4, 0.5) is 0 Å². The van der Waals surface area contributed by atoms with Gasteiger partial charge in [0.05, 0.1) is 25.4 Å². The zero-order valence-electron chi connectivity index (χ0n) is 11.6. The Hall–Kier alpha value is -0.650. The van der Waals surface area contributed by atoms with Crippen molar-refractivity contribution < 1.29 is 14.6 Å². The van der Waals surface area contributed by atoms with Gasteiger partial charge < -0.3 is 19.9 Å². The van der Waals surface area contributed by atoms with Crippen LogP contribution in [0.2, 0.25) is 5.02 Å². The number of nitrogens with one attached hydrogen (secondary N) is 1. The summed E-state index contributed by atoms with van der Waals surface area (Å²) in [5.41, 5.74) is 1.03. The summed E-state index contributed by atoms with van der Waals surface area (Å²) >= 11 is 6.05. The van der Waals surface area contributed by atoms with Crippen LogP contribution in [-0.4, -0.2) is 43.7 Å². The molecule has 2 atom stereocenters. The normalized spacial score (nSPS) is 20.2. The van der Waals surface area contributed by atoms with Crippen LogP contribution in [0.15, 0.2) is 24.3 Å². The van der Waals surface area contributed by atoms with Gasteiger partial charge in [-0.15, -0.1) is 0 Å². The van der Waals surface area contributed by atoms with Crippen LogP contribution in [0, 0.1) is 0 Å². The standard InChI is InChI=1S/C15H22ClNO3/c16-15-6-2-1-4-12(15)8-17-9-13(18)10-19-11-14-5-3-7-20-14/h1-2,4,6,13-14,17-18H,3,5,7-11H2. The SMILES string of the molecule is OC(CNCc1ccccc1Cl)COCC1CCCO1. The van der Waals surface area contributed by atoms with E-state index in [1.54, 1.807) is 0 Å². The molecule has 1 aliphatic heterocycles. The molecule has 1 fully saturated rings. The maximum atomic E-state index is 9.81. The number of halogens is 1. The Morgan fingerprint density at radius 3 is 3.05 bits per heavy atom. The van der Waals surface area contributed by atoms with Gasteiger partial charge in [-0.3, -0.25) is 0 Å². The molecule has 1 aromatic carbocycles. The molecule has 112 valence electrons. The van der Waals surface area contributed by atoms with Crippen molar-refractivity contribution >= 4 is 11.6 Å². The second kappa shape index (κ2) is 8.60. The molecule has 2 unspecified atom stereocenters. The molecule has 5 heteroatoms. The summed E-state index contributed by atoms with van der Waals surface area (Å²) in [6.07, 6.45) is 1.86. The van der Waals surface area contributed by atoms with E-state index in [1.807, 2.05) is 24.3 Å². The molecule has 0 amide bonds. The Kier molecular flexibility index (Phi) is 6.76. The van der Waals surface area contributed by atoms with Crippen molar-refractivity contribution in [3.63, 3.8) is 0 Å². The van der Waals surface area contributed by atoms with Crippen LogP contribution < -0.4 is 5.32 Å². The summed E-state index contributed by atoms with van der Waals surface area (Å²) in [4.78, 5) is 0. The molecule has 2 rings (SSSR count). The van der Waals surface area contributed by atoms with Gasteiger partial charge in [0.15, 0.2) is 0 Å². The Labute approximate surface area is 125 Å². The molecule has 1 aromatic rings. The fourth-order valence-corrected chi connectivity index (χ4v) is 2.39. The number of benzene rings is 1. The number of hydrogen-bond acceptors (Lipinski definition) is 4. The third kappa shape index (κ3) is 5.38. The highest BCUT2D eigenvalue weighted by Gasteiger charge is 2.16. The van der Waals surface area contributed by atoms with Crippen molar-refractivity contribution in [3.05, 3.63) is 34.9 Å². The average molecular weight is 300 g/mol. The number of hydrogen-bond donors (Lipinski definition) is 2. The van der Waals surface area contributed by atoms with E-state index in [0.717, 1.165) is 30.0 Å². The van der Waals surface area contributed by atoms with Gasteiger partial charge >= 0.3 is 0 Å². The van der Waals surface area contributed by atoms with E-state index < -0.39 is 6.10 Å². The summed E-state index contributed by atoms with van der Waals surface area (Å²) in [7, 11) is 0. The Morgan fingerprint density at radius 1 is 1.45 bits per heavy atom. The van der Waals surface area contributed by atoms with E-state index in [9.17, 15) is 5.11 Å². The maximum Gasteiger partial charge on any atom is 0.0897 e. The van der Waals surface area contributed by atoms with Crippen molar-refractivity contribution in [2.75, 3.05) is 26.4 Å². The summed E-state index contributed by atoms with van der Waals surface area (Å²) in [6, 6.07) is 7.68. The van der Waals surface area contributed by atoms with Crippen molar-refractivity contribution in [2.24, 2.45) is 0 Å². The van der Waals surface area contributed by atoms with Crippen LogP contribution in [-0.2, 0) is 16.0 Å². The molecule has 20 heavy (non-hydrogen) atoms. The first-order valence-corrected chi connectivity index (χ1v) is 7.45. The first-order chi connectivity index (χ1) is 9.75. The molecular formula is C15H22ClNO3. The fraction of sp³-hybridized carbons (Fsp3) is 0.600. The van der Waals surface area contributed by atoms with E-state index in [-0.39, 0.29) is 6.10 Å². The molecular weight excluding hydrogens is 278 g/mol. The highest BCUT2D eigenvalue weighted by Crippen LogP contribution is 2.14. The number of aliphatic hydroxyl groups excluding tert-OH is 1. The minimum atomic E-state index is -0.515. The van der Waals surface area contributed by atoms with Gasteiger partial charge in [-0.2, -0.15) is 0 Å². The van der Waals surface area contributed by atoms with Crippen molar-refractivity contribution in [1.29, 1.82) is 0 Å². The van der Waals surface area contributed by atoms with E-state index >= 15 is 0 Å². The monoisotopic (exact) mass is 299 g/mol. The lowest BCUT2D eigenvalue weighted by atomic mass is 10.2. The number of rotatable bonds is 8. The zero-order chi connectivity index (χ0) is 14.2. The quantitative estimate of drug-likeness (QED) is 0.771. The summed E-state index contributed by atoms with van der Waals surface area (Å²) in [5.74, 6) is 0.